The van der Waals surface area contributed by atoms with Gasteiger partial charge in [-0.15, -0.1) is 0 Å². The molecule has 0 bridgehead atoms. The minimum atomic E-state index is -3.97. The van der Waals surface area contributed by atoms with E-state index in [0.717, 1.165) is 5.56 Å². The average molecular weight is 493 g/mol. The molecule has 3 aromatic rings. The fourth-order valence-corrected chi connectivity index (χ4v) is 4.29. The topological polar surface area (TPSA) is 137 Å². The Morgan fingerprint density at radius 2 is 1.69 bits per heavy atom. The molecule has 3 rings (SSSR count). The third-order valence-electron chi connectivity index (χ3n) is 4.77. The SMILES string of the molecule is CC(=O)Nc1ccc(S(=O)(=O)N[C@@H](C)C(=O)Nc2cccc(OCc3cccc(C#N)c3)c2)cc1. The number of nitrogens with zero attached hydrogens (tertiary/aromatic N) is 1. The summed E-state index contributed by atoms with van der Waals surface area (Å²) >= 11 is 0. The van der Waals surface area contributed by atoms with Gasteiger partial charge in [0.05, 0.1) is 22.6 Å². The van der Waals surface area contributed by atoms with E-state index in [1.54, 1.807) is 42.5 Å². The molecule has 9 nitrogen and oxygen atoms in total. The van der Waals surface area contributed by atoms with Crippen molar-refractivity contribution in [3.8, 4) is 11.8 Å². The molecule has 35 heavy (non-hydrogen) atoms. The van der Waals surface area contributed by atoms with Crippen LogP contribution in [0.3, 0.4) is 0 Å². The third kappa shape index (κ3) is 7.40. The van der Waals surface area contributed by atoms with Gasteiger partial charge in [0, 0.05) is 24.4 Å². The monoisotopic (exact) mass is 492 g/mol. The zero-order valence-corrected chi connectivity index (χ0v) is 19.9. The summed E-state index contributed by atoms with van der Waals surface area (Å²) in [5.74, 6) is -0.327. The second-order valence-electron chi connectivity index (χ2n) is 7.67. The Morgan fingerprint density at radius 3 is 2.37 bits per heavy atom. The van der Waals surface area contributed by atoms with Crippen LogP contribution in [0.4, 0.5) is 11.4 Å². The van der Waals surface area contributed by atoms with Crippen LogP contribution in [0.5, 0.6) is 5.75 Å². The minimum absolute atomic E-state index is 0.0397. The molecule has 0 unspecified atom stereocenters. The van der Waals surface area contributed by atoms with Gasteiger partial charge in [-0.3, -0.25) is 9.59 Å². The summed E-state index contributed by atoms with van der Waals surface area (Å²) in [6, 6.07) is 20.4. The summed E-state index contributed by atoms with van der Waals surface area (Å²) < 4.78 is 33.4. The quantitative estimate of drug-likeness (QED) is 0.419. The smallest absolute Gasteiger partial charge is 0.242 e. The molecule has 0 radical (unpaired) electrons. The Morgan fingerprint density at radius 1 is 0.971 bits per heavy atom. The van der Waals surface area contributed by atoms with E-state index in [9.17, 15) is 18.0 Å². The first-order valence-electron chi connectivity index (χ1n) is 10.6. The van der Waals surface area contributed by atoms with E-state index < -0.39 is 22.0 Å². The summed E-state index contributed by atoms with van der Waals surface area (Å²) in [4.78, 5) is 23.7. The van der Waals surface area contributed by atoms with Crippen molar-refractivity contribution in [1.29, 1.82) is 5.26 Å². The number of benzene rings is 3. The molecule has 0 heterocycles. The second-order valence-corrected chi connectivity index (χ2v) is 9.38. The van der Waals surface area contributed by atoms with Crippen LogP contribution in [0.25, 0.3) is 0 Å². The van der Waals surface area contributed by atoms with E-state index in [4.69, 9.17) is 10.00 Å². The Labute approximate surface area is 203 Å². The number of carbonyl (C=O) groups excluding carboxylic acids is 2. The van der Waals surface area contributed by atoms with Gasteiger partial charge in [-0.1, -0.05) is 18.2 Å². The van der Waals surface area contributed by atoms with Gasteiger partial charge >= 0.3 is 0 Å². The fourth-order valence-electron chi connectivity index (χ4n) is 3.09. The zero-order chi connectivity index (χ0) is 25.4. The average Bonchev–Trinajstić information content (AvgIpc) is 2.83. The number of carbonyl (C=O) groups is 2. The number of amides is 2. The highest BCUT2D eigenvalue weighted by Crippen LogP contribution is 2.20. The van der Waals surface area contributed by atoms with E-state index in [2.05, 4.69) is 21.4 Å². The van der Waals surface area contributed by atoms with Crippen LogP contribution in [0.15, 0.2) is 77.7 Å². The predicted octanol–water partition coefficient (Wildman–Crippen LogP) is 3.40. The predicted molar refractivity (Wildman–Crippen MR) is 131 cm³/mol. The summed E-state index contributed by atoms with van der Waals surface area (Å²) in [7, 11) is -3.97. The molecule has 0 aliphatic rings. The van der Waals surface area contributed by atoms with Gasteiger partial charge in [0.25, 0.3) is 0 Å². The number of ether oxygens (including phenoxy) is 1. The molecule has 0 saturated carbocycles. The fraction of sp³-hybridized carbons (Fsp3) is 0.160. The molecule has 180 valence electrons. The molecular weight excluding hydrogens is 468 g/mol. The van der Waals surface area contributed by atoms with E-state index in [1.807, 2.05) is 6.07 Å². The highest BCUT2D eigenvalue weighted by atomic mass is 32.2. The number of rotatable bonds is 9. The summed E-state index contributed by atoms with van der Waals surface area (Å²) in [5, 5.41) is 14.2. The number of sulfonamides is 1. The molecule has 0 spiro atoms. The van der Waals surface area contributed by atoms with E-state index in [1.165, 1.54) is 38.1 Å². The molecule has 0 fully saturated rings. The van der Waals surface area contributed by atoms with Gasteiger partial charge in [0.15, 0.2) is 0 Å². The summed E-state index contributed by atoms with van der Waals surface area (Å²) in [5.41, 5.74) is 2.25. The number of hydrogen-bond acceptors (Lipinski definition) is 6. The molecule has 0 aliphatic heterocycles. The first-order valence-corrected chi connectivity index (χ1v) is 12.1. The van der Waals surface area contributed by atoms with Gasteiger partial charge in [-0.25, -0.2) is 8.42 Å². The number of hydrogen-bond donors (Lipinski definition) is 3. The van der Waals surface area contributed by atoms with Crippen molar-refractivity contribution in [3.05, 3.63) is 83.9 Å². The van der Waals surface area contributed by atoms with Crippen LogP contribution in [0, 0.1) is 11.3 Å². The van der Waals surface area contributed by atoms with Crippen LogP contribution in [0.1, 0.15) is 25.0 Å². The summed E-state index contributed by atoms with van der Waals surface area (Å²) in [6.07, 6.45) is 0. The number of nitrogens with one attached hydrogen (secondary N) is 3. The summed E-state index contributed by atoms with van der Waals surface area (Å²) in [6.45, 7) is 3.02. The van der Waals surface area contributed by atoms with Gasteiger partial charge in [-0.2, -0.15) is 9.98 Å². The Bertz CT molecular complexity index is 1370. The Hall–Kier alpha value is -4.20. The van der Waals surface area contributed by atoms with Crippen LogP contribution in [0.2, 0.25) is 0 Å². The van der Waals surface area contributed by atoms with Crippen LogP contribution < -0.4 is 20.1 Å². The maximum Gasteiger partial charge on any atom is 0.242 e. The standard InChI is InChI=1S/C25H24N4O5S/c1-17(29-35(32,33)24-11-9-21(10-12-24)27-18(2)30)25(31)28-22-7-4-8-23(14-22)34-16-20-6-3-5-19(13-20)15-26/h3-14,17,29H,16H2,1-2H3,(H,27,30)(H,28,31)/t17-/m0/s1. The van der Waals surface area contributed by atoms with Crippen molar-refractivity contribution in [2.45, 2.75) is 31.4 Å². The van der Waals surface area contributed by atoms with Crippen molar-refractivity contribution in [2.75, 3.05) is 10.6 Å². The van der Waals surface area contributed by atoms with Crippen LogP contribution in [-0.4, -0.2) is 26.3 Å². The molecule has 3 aromatic carbocycles. The van der Waals surface area contributed by atoms with Crippen molar-refractivity contribution in [3.63, 3.8) is 0 Å². The zero-order valence-electron chi connectivity index (χ0n) is 19.1. The Balaban J connectivity index is 1.59. The first kappa shape index (κ1) is 25.4. The van der Waals surface area contributed by atoms with Gasteiger partial charge in [0.2, 0.25) is 21.8 Å². The maximum atomic E-state index is 12.6. The lowest BCUT2D eigenvalue weighted by molar-refractivity contribution is -0.117. The molecule has 10 heteroatoms. The van der Waals surface area contributed by atoms with Gasteiger partial charge < -0.3 is 15.4 Å². The highest BCUT2D eigenvalue weighted by molar-refractivity contribution is 7.89. The first-order chi connectivity index (χ1) is 16.7. The van der Waals surface area contributed by atoms with E-state index in [0.29, 0.717) is 22.7 Å². The molecule has 0 aromatic heterocycles. The van der Waals surface area contributed by atoms with Crippen molar-refractivity contribution < 1.29 is 22.7 Å². The molecular formula is C25H24N4O5S. The third-order valence-corrected chi connectivity index (χ3v) is 6.33. The van der Waals surface area contributed by atoms with E-state index >= 15 is 0 Å². The number of nitriles is 1. The molecule has 0 aliphatic carbocycles. The van der Waals surface area contributed by atoms with E-state index in [-0.39, 0.29) is 17.4 Å². The Kier molecular flexibility index (Phi) is 8.20. The van der Waals surface area contributed by atoms with Crippen LogP contribution >= 0.6 is 0 Å². The maximum absolute atomic E-state index is 12.6. The largest absolute Gasteiger partial charge is 0.489 e. The van der Waals surface area contributed by atoms with Crippen molar-refractivity contribution in [1.82, 2.24) is 4.72 Å². The molecule has 1 atom stereocenters. The van der Waals surface area contributed by atoms with Gasteiger partial charge in [0.1, 0.15) is 12.4 Å². The lowest BCUT2D eigenvalue weighted by Crippen LogP contribution is -2.41. The number of anilines is 2. The minimum Gasteiger partial charge on any atom is -0.489 e. The highest BCUT2D eigenvalue weighted by Gasteiger charge is 2.22. The molecule has 0 saturated heterocycles. The van der Waals surface area contributed by atoms with Gasteiger partial charge in [-0.05, 0) is 61.0 Å². The van der Waals surface area contributed by atoms with Crippen LogP contribution in [-0.2, 0) is 26.2 Å². The lowest BCUT2D eigenvalue weighted by Gasteiger charge is -2.15. The second kappa shape index (κ2) is 11.3. The lowest BCUT2D eigenvalue weighted by atomic mass is 10.1. The van der Waals surface area contributed by atoms with Crippen molar-refractivity contribution >= 4 is 33.2 Å². The molecule has 2 amide bonds. The normalized spacial score (nSPS) is 11.7. The molecule has 3 N–H and O–H groups in total. The van der Waals surface area contributed by atoms with Crippen molar-refractivity contribution in [2.24, 2.45) is 0 Å².